The molecule has 2 aromatic rings. The maximum absolute atomic E-state index is 12.9. The second kappa shape index (κ2) is 11.6. The van der Waals surface area contributed by atoms with Crippen molar-refractivity contribution in [3.8, 4) is 0 Å². The van der Waals surface area contributed by atoms with Crippen LogP contribution in [-0.2, 0) is 4.84 Å². The summed E-state index contributed by atoms with van der Waals surface area (Å²) in [6.07, 6.45) is 4.09. The highest BCUT2D eigenvalue weighted by Gasteiger charge is 2.36. The zero-order valence-corrected chi connectivity index (χ0v) is 17.9. The lowest BCUT2D eigenvalue weighted by molar-refractivity contribution is 0.0442. The first-order valence-corrected chi connectivity index (χ1v) is 10.9. The number of hydrogen-bond acceptors (Lipinski definition) is 9. The number of amides is 1. The van der Waals surface area contributed by atoms with E-state index in [0.29, 0.717) is 23.1 Å². The number of hydroxylamine groups is 1. The minimum atomic E-state index is -0.599. The summed E-state index contributed by atoms with van der Waals surface area (Å²) in [4.78, 5) is 43.1. The number of benzene rings is 1. The van der Waals surface area contributed by atoms with E-state index in [1.54, 1.807) is 31.3 Å². The van der Waals surface area contributed by atoms with Gasteiger partial charge in [-0.05, 0) is 37.3 Å². The van der Waals surface area contributed by atoms with Gasteiger partial charge in [0.2, 0.25) is 17.3 Å². The predicted octanol–water partition coefficient (Wildman–Crippen LogP) is 2.79. The average molecular weight is 445 g/mol. The number of carbonyl (C=O) groups excluding carboxylic acids is 3. The van der Waals surface area contributed by atoms with Crippen molar-refractivity contribution in [2.45, 2.75) is 19.3 Å². The van der Waals surface area contributed by atoms with E-state index in [9.17, 15) is 14.4 Å². The number of unbranched alkanes of at least 4 members (excludes halogenated alkanes) is 2. The fourth-order valence-electron chi connectivity index (χ4n) is 2.92. The molecule has 1 amide bonds. The first-order chi connectivity index (χ1) is 15.1. The molecular formula is C21H24N4O5S. The number of allylic oxidation sites excluding steroid dienone is 2. The van der Waals surface area contributed by atoms with Crippen molar-refractivity contribution in [1.82, 2.24) is 16.0 Å². The highest BCUT2D eigenvalue weighted by molar-refractivity contribution is 8.04. The number of Topliss-reactive ketones (excluding diaryl/α,β-unsaturated/α-hetero) is 1. The molecule has 1 aliphatic rings. The molecule has 0 saturated heterocycles. The maximum atomic E-state index is 12.9. The van der Waals surface area contributed by atoms with Crippen LogP contribution in [0.5, 0.6) is 0 Å². The molecule has 0 aliphatic heterocycles. The Morgan fingerprint density at radius 2 is 1.97 bits per heavy atom. The average Bonchev–Trinajstić information content (AvgIpc) is 3.23. The van der Waals surface area contributed by atoms with Gasteiger partial charge in [-0.15, -0.1) is 11.8 Å². The Hall–Kier alpha value is -2.79. The molecule has 1 heterocycles. The van der Waals surface area contributed by atoms with Crippen molar-refractivity contribution < 1.29 is 23.7 Å². The molecule has 0 fully saturated rings. The Morgan fingerprint density at radius 1 is 1.16 bits per heavy atom. The summed E-state index contributed by atoms with van der Waals surface area (Å²) in [5, 5.41) is 9.47. The van der Waals surface area contributed by atoms with Crippen LogP contribution in [0.25, 0.3) is 0 Å². The number of nitrogens with one attached hydrogen (secondary N) is 3. The molecule has 10 heteroatoms. The second-order valence-corrected chi connectivity index (χ2v) is 7.80. The summed E-state index contributed by atoms with van der Waals surface area (Å²) in [6.45, 7) is 1.27. The molecular weight excluding hydrogens is 420 g/mol. The van der Waals surface area contributed by atoms with Gasteiger partial charge < -0.3 is 9.84 Å². The van der Waals surface area contributed by atoms with Gasteiger partial charge in [-0.1, -0.05) is 29.8 Å². The normalized spacial score (nSPS) is 13.1. The van der Waals surface area contributed by atoms with Crippen molar-refractivity contribution in [1.29, 1.82) is 0 Å². The smallest absolute Gasteiger partial charge is 0.278 e. The van der Waals surface area contributed by atoms with E-state index in [-0.39, 0.29) is 17.0 Å². The van der Waals surface area contributed by atoms with Crippen LogP contribution in [0.15, 0.2) is 45.8 Å². The number of anilines is 1. The Bertz CT molecular complexity index is 958. The topological polar surface area (TPSA) is 123 Å². The summed E-state index contributed by atoms with van der Waals surface area (Å²) in [5.41, 5.74) is 2.88. The number of nitrogens with zero attached hydrogens (tertiary/aromatic N) is 1. The molecule has 31 heavy (non-hydrogen) atoms. The van der Waals surface area contributed by atoms with Crippen LogP contribution in [0.3, 0.4) is 0 Å². The van der Waals surface area contributed by atoms with Crippen LogP contribution in [0.2, 0.25) is 0 Å². The molecule has 0 bridgehead atoms. The van der Waals surface area contributed by atoms with Gasteiger partial charge in [-0.25, -0.2) is 5.48 Å². The molecule has 0 unspecified atom stereocenters. The highest BCUT2D eigenvalue weighted by atomic mass is 32.2. The van der Waals surface area contributed by atoms with E-state index in [2.05, 4.69) is 21.3 Å². The number of fused-ring (bicyclic) bond motifs is 1. The van der Waals surface area contributed by atoms with Crippen molar-refractivity contribution in [3.05, 3.63) is 58.3 Å². The van der Waals surface area contributed by atoms with E-state index < -0.39 is 17.5 Å². The lowest BCUT2D eigenvalue weighted by Gasteiger charge is -2.11. The zero-order valence-electron chi connectivity index (χ0n) is 17.1. The molecule has 3 rings (SSSR count). The minimum Gasteiger partial charge on any atom is -0.351 e. The van der Waals surface area contributed by atoms with Crippen molar-refractivity contribution in [3.63, 3.8) is 0 Å². The van der Waals surface area contributed by atoms with Gasteiger partial charge in [0.15, 0.2) is 5.69 Å². The highest BCUT2D eigenvalue weighted by Crippen LogP contribution is 2.31. The first kappa shape index (κ1) is 22.9. The molecule has 1 aromatic carbocycles. The molecule has 9 nitrogen and oxygen atoms in total. The summed E-state index contributed by atoms with van der Waals surface area (Å²) in [5.74, 6) is -0.980. The summed E-state index contributed by atoms with van der Waals surface area (Å²) >= 11 is 1.31. The lowest BCUT2D eigenvalue weighted by atomic mass is 9.99. The van der Waals surface area contributed by atoms with Gasteiger partial charge in [0, 0.05) is 18.8 Å². The monoisotopic (exact) mass is 444 g/mol. The molecule has 0 saturated carbocycles. The van der Waals surface area contributed by atoms with Crippen LogP contribution in [0.4, 0.5) is 5.69 Å². The van der Waals surface area contributed by atoms with Crippen LogP contribution >= 0.6 is 11.8 Å². The fraction of sp³-hybridized carbons (Fsp3) is 0.333. The Labute approximate surface area is 183 Å². The van der Waals surface area contributed by atoms with Gasteiger partial charge in [-0.3, -0.25) is 24.5 Å². The van der Waals surface area contributed by atoms with Crippen molar-refractivity contribution >= 4 is 34.9 Å². The summed E-state index contributed by atoms with van der Waals surface area (Å²) < 4.78 is 5.02. The largest absolute Gasteiger partial charge is 0.351 e. The molecule has 164 valence electrons. The van der Waals surface area contributed by atoms with Gasteiger partial charge >= 0.3 is 0 Å². The van der Waals surface area contributed by atoms with Crippen molar-refractivity contribution in [2.75, 3.05) is 31.4 Å². The SMILES string of the molecule is CNOCNCCCCCSC1=CC(=O)c2onc(C(=O)Nc3ccccc3)c2C1=O. The molecule has 1 aromatic heterocycles. The molecule has 0 spiro atoms. The summed E-state index contributed by atoms with van der Waals surface area (Å²) in [6, 6.07) is 8.78. The standard InChI is InChI=1S/C21H24N4O5S/c1-22-29-13-23-10-6-3-7-11-31-16-12-15(26)20-17(19(16)27)18(25-30-20)21(28)24-14-8-4-2-5-9-14/h2,4-5,8-9,12,22-23H,3,6-7,10-11,13H2,1H3,(H,24,28). The third kappa shape index (κ3) is 6.11. The molecule has 1 aliphatic carbocycles. The Kier molecular flexibility index (Phi) is 8.53. The predicted molar refractivity (Wildman–Crippen MR) is 117 cm³/mol. The quantitative estimate of drug-likeness (QED) is 0.258. The van der Waals surface area contributed by atoms with E-state index in [0.717, 1.165) is 25.8 Å². The Balaban J connectivity index is 1.54. The molecule has 3 N–H and O–H groups in total. The number of aromatic nitrogens is 1. The third-order valence-electron chi connectivity index (χ3n) is 4.45. The Morgan fingerprint density at radius 3 is 2.74 bits per heavy atom. The maximum Gasteiger partial charge on any atom is 0.278 e. The third-order valence-corrected chi connectivity index (χ3v) is 5.56. The lowest BCUT2D eigenvalue weighted by Crippen LogP contribution is -2.23. The number of hydrogen-bond donors (Lipinski definition) is 3. The van der Waals surface area contributed by atoms with E-state index in [1.807, 2.05) is 6.07 Å². The van der Waals surface area contributed by atoms with Crippen molar-refractivity contribution in [2.24, 2.45) is 0 Å². The zero-order chi connectivity index (χ0) is 22.1. The van der Waals surface area contributed by atoms with Crippen LogP contribution in [0, 0.1) is 0 Å². The number of thioether (sulfide) groups is 1. The fourth-order valence-corrected chi connectivity index (χ4v) is 3.91. The molecule has 0 radical (unpaired) electrons. The van der Waals surface area contributed by atoms with Crippen LogP contribution < -0.4 is 16.1 Å². The van der Waals surface area contributed by atoms with E-state index >= 15 is 0 Å². The van der Waals surface area contributed by atoms with Gasteiger partial charge in [0.1, 0.15) is 12.3 Å². The van der Waals surface area contributed by atoms with E-state index in [1.165, 1.54) is 17.8 Å². The van der Waals surface area contributed by atoms with Gasteiger partial charge in [-0.2, -0.15) is 0 Å². The number of ketones is 2. The second-order valence-electron chi connectivity index (χ2n) is 6.66. The van der Waals surface area contributed by atoms with Crippen LogP contribution in [0.1, 0.15) is 50.7 Å². The minimum absolute atomic E-state index is 0.0721. The summed E-state index contributed by atoms with van der Waals surface area (Å²) in [7, 11) is 1.70. The van der Waals surface area contributed by atoms with Gasteiger partial charge in [0.25, 0.3) is 5.91 Å². The van der Waals surface area contributed by atoms with Gasteiger partial charge in [0.05, 0.1) is 4.91 Å². The number of para-hydroxylation sites is 1. The first-order valence-electron chi connectivity index (χ1n) is 9.90. The van der Waals surface area contributed by atoms with Crippen LogP contribution in [-0.4, -0.2) is 48.7 Å². The number of carbonyl (C=O) groups is 3. The molecule has 0 atom stereocenters. The number of rotatable bonds is 12. The van der Waals surface area contributed by atoms with E-state index in [4.69, 9.17) is 9.36 Å².